The van der Waals surface area contributed by atoms with Gasteiger partial charge >= 0.3 is 0 Å². The van der Waals surface area contributed by atoms with Gasteiger partial charge in [-0.25, -0.2) is 0 Å². The lowest BCUT2D eigenvalue weighted by Crippen LogP contribution is -2.88. The highest BCUT2D eigenvalue weighted by molar-refractivity contribution is 6.30. The minimum Gasteiger partial charge on any atom is -0.484 e. The first-order valence-electron chi connectivity index (χ1n) is 8.80. The molecule has 0 saturated carbocycles. The van der Waals surface area contributed by atoms with Gasteiger partial charge in [-0.2, -0.15) is 0 Å². The van der Waals surface area contributed by atoms with Crippen molar-refractivity contribution < 1.29 is 19.6 Å². The zero-order chi connectivity index (χ0) is 19.6. The molecule has 0 aliphatic carbocycles. The fourth-order valence-corrected chi connectivity index (χ4v) is 2.73. The lowest BCUT2D eigenvalue weighted by atomic mass is 9.96. The number of carbonyl (C=O) groups is 2. The van der Waals surface area contributed by atoms with E-state index < -0.39 is 5.91 Å². The molecule has 144 valence electrons. The molecule has 0 aliphatic heterocycles. The summed E-state index contributed by atoms with van der Waals surface area (Å²) in [6.07, 6.45) is 0. The molecule has 2 aromatic rings. The quantitative estimate of drug-likeness (QED) is 0.601. The van der Waals surface area contributed by atoms with Crippen LogP contribution in [-0.2, 0) is 9.59 Å². The van der Waals surface area contributed by atoms with Crippen LogP contribution in [0.3, 0.4) is 0 Å². The summed E-state index contributed by atoms with van der Waals surface area (Å²) in [6.45, 7) is 4.23. The second kappa shape index (κ2) is 10.5. The molecule has 0 aliphatic rings. The van der Waals surface area contributed by atoms with E-state index in [-0.39, 0.29) is 25.1 Å². The molecule has 7 heteroatoms. The van der Waals surface area contributed by atoms with Gasteiger partial charge in [0.2, 0.25) is 0 Å². The monoisotopic (exact) mass is 390 g/mol. The Morgan fingerprint density at radius 1 is 1.00 bits per heavy atom. The maximum Gasteiger partial charge on any atom is 0.293 e. The van der Waals surface area contributed by atoms with Crippen molar-refractivity contribution in [2.24, 2.45) is 5.92 Å². The van der Waals surface area contributed by atoms with Gasteiger partial charge in [0.15, 0.2) is 13.2 Å². The number of hydrazine groups is 1. The molecule has 0 saturated heterocycles. The maximum atomic E-state index is 12.0. The highest BCUT2D eigenvalue weighted by atomic mass is 35.5. The fourth-order valence-electron chi connectivity index (χ4n) is 2.61. The molecule has 0 unspecified atom stereocenters. The highest BCUT2D eigenvalue weighted by Gasteiger charge is 2.20. The zero-order valence-corrected chi connectivity index (χ0v) is 16.2. The zero-order valence-electron chi connectivity index (χ0n) is 15.4. The molecule has 1 atom stereocenters. The third-order valence-electron chi connectivity index (χ3n) is 3.98. The fraction of sp³-hybridized carbons (Fsp3) is 0.300. The summed E-state index contributed by atoms with van der Waals surface area (Å²) >= 11 is 5.78. The predicted octanol–water partition coefficient (Wildman–Crippen LogP) is 1.83. The van der Waals surface area contributed by atoms with Crippen LogP contribution < -0.4 is 20.9 Å². The second-order valence-corrected chi connectivity index (χ2v) is 6.90. The Morgan fingerprint density at radius 3 is 2.26 bits per heavy atom. The summed E-state index contributed by atoms with van der Waals surface area (Å²) < 4.78 is 5.31. The van der Waals surface area contributed by atoms with E-state index in [0.717, 1.165) is 0 Å². The summed E-state index contributed by atoms with van der Waals surface area (Å²) in [5.41, 5.74) is 5.92. The van der Waals surface area contributed by atoms with Crippen molar-refractivity contribution in [2.75, 3.05) is 13.2 Å². The number of nitrogens with one attached hydrogen (secondary N) is 2. The lowest BCUT2D eigenvalue weighted by Gasteiger charge is -2.19. The number of quaternary nitrogens is 1. The number of nitrogens with two attached hydrogens (primary N) is 1. The predicted molar refractivity (Wildman–Crippen MR) is 104 cm³/mol. The normalized spacial score (nSPS) is 11.7. The number of ether oxygens (including phenoxy) is 1. The first-order valence-corrected chi connectivity index (χ1v) is 9.18. The number of hydrogen-bond acceptors (Lipinski definition) is 3. The van der Waals surface area contributed by atoms with Crippen molar-refractivity contribution in [3.8, 4) is 5.75 Å². The Hall–Kier alpha value is -2.57. The van der Waals surface area contributed by atoms with Crippen molar-refractivity contribution in [2.45, 2.75) is 19.9 Å². The van der Waals surface area contributed by atoms with Crippen LogP contribution >= 0.6 is 11.6 Å². The van der Waals surface area contributed by atoms with Gasteiger partial charge in [-0.1, -0.05) is 55.8 Å². The van der Waals surface area contributed by atoms with E-state index in [9.17, 15) is 9.59 Å². The average Bonchev–Trinajstić information content (AvgIpc) is 2.66. The van der Waals surface area contributed by atoms with Crippen molar-refractivity contribution in [1.29, 1.82) is 0 Å². The van der Waals surface area contributed by atoms with E-state index in [4.69, 9.17) is 16.3 Å². The summed E-state index contributed by atoms with van der Waals surface area (Å²) in [4.78, 5) is 23.8. The van der Waals surface area contributed by atoms with Gasteiger partial charge in [-0.3, -0.25) is 20.4 Å². The Labute approximate surface area is 164 Å². The molecule has 2 aromatic carbocycles. The van der Waals surface area contributed by atoms with Gasteiger partial charge in [0, 0.05) is 16.5 Å². The standard InChI is InChI=1S/C20H24ClN3O3/c1-14(2)20(15-6-4-3-5-7-15)22-12-18(25)23-24-19(26)13-27-17-10-8-16(21)9-11-17/h3-11,14,20,22H,12-13H2,1-2H3,(H,23,25)(H,24,26)/p+1/t20-/m1/s1. The topological polar surface area (TPSA) is 84.0 Å². The Balaban J connectivity index is 1.71. The molecular weight excluding hydrogens is 366 g/mol. The summed E-state index contributed by atoms with van der Waals surface area (Å²) in [6, 6.07) is 16.9. The maximum absolute atomic E-state index is 12.0. The van der Waals surface area contributed by atoms with Gasteiger partial charge < -0.3 is 10.1 Å². The molecule has 27 heavy (non-hydrogen) atoms. The van der Waals surface area contributed by atoms with Crippen LogP contribution in [0.25, 0.3) is 0 Å². The number of rotatable bonds is 8. The smallest absolute Gasteiger partial charge is 0.293 e. The molecule has 0 heterocycles. The van der Waals surface area contributed by atoms with E-state index >= 15 is 0 Å². The van der Waals surface area contributed by atoms with E-state index in [1.165, 1.54) is 5.56 Å². The summed E-state index contributed by atoms with van der Waals surface area (Å²) in [5.74, 6) is 0.164. The molecule has 4 N–H and O–H groups in total. The number of benzene rings is 2. The van der Waals surface area contributed by atoms with Crippen molar-refractivity contribution >= 4 is 23.4 Å². The Kier molecular flexibility index (Phi) is 8.10. The molecule has 6 nitrogen and oxygen atoms in total. The second-order valence-electron chi connectivity index (χ2n) is 6.46. The van der Waals surface area contributed by atoms with E-state index in [1.54, 1.807) is 24.3 Å². The Bertz CT molecular complexity index is 736. The molecule has 0 bridgehead atoms. The van der Waals surface area contributed by atoms with Gasteiger partial charge in [-0.15, -0.1) is 0 Å². The largest absolute Gasteiger partial charge is 0.484 e. The first-order chi connectivity index (χ1) is 13.0. The van der Waals surface area contributed by atoms with Gasteiger partial charge in [-0.05, 0) is 24.3 Å². The van der Waals surface area contributed by atoms with E-state index in [1.807, 2.05) is 23.5 Å². The van der Waals surface area contributed by atoms with Crippen LogP contribution in [-0.4, -0.2) is 25.0 Å². The van der Waals surface area contributed by atoms with Crippen molar-refractivity contribution in [1.82, 2.24) is 10.9 Å². The SMILES string of the molecule is CC(C)[C@@H]([NH2+]CC(=O)NNC(=O)COc1ccc(Cl)cc1)c1ccccc1. The van der Waals surface area contributed by atoms with Crippen molar-refractivity contribution in [3.05, 3.63) is 65.2 Å². The molecule has 2 rings (SSSR count). The molecular formula is C20H25ClN3O3+. The molecule has 0 radical (unpaired) electrons. The highest BCUT2D eigenvalue weighted by Crippen LogP contribution is 2.17. The van der Waals surface area contributed by atoms with Gasteiger partial charge in [0.05, 0.1) is 0 Å². The third kappa shape index (κ3) is 7.29. The molecule has 0 spiro atoms. The van der Waals surface area contributed by atoms with Crippen LogP contribution in [0.1, 0.15) is 25.5 Å². The van der Waals surface area contributed by atoms with Crippen LogP contribution in [0.5, 0.6) is 5.75 Å². The summed E-state index contributed by atoms with van der Waals surface area (Å²) in [7, 11) is 0. The number of halogens is 1. The first kappa shape index (κ1) is 20.7. The molecule has 0 aromatic heterocycles. The van der Waals surface area contributed by atoms with E-state index in [2.05, 4.69) is 36.8 Å². The molecule has 0 fully saturated rings. The van der Waals surface area contributed by atoms with Crippen LogP contribution in [0.4, 0.5) is 0 Å². The van der Waals surface area contributed by atoms with Crippen LogP contribution in [0, 0.1) is 5.92 Å². The number of carbonyl (C=O) groups excluding carboxylic acids is 2. The van der Waals surface area contributed by atoms with Crippen LogP contribution in [0.15, 0.2) is 54.6 Å². The van der Waals surface area contributed by atoms with Gasteiger partial charge in [0.25, 0.3) is 11.8 Å². The van der Waals surface area contributed by atoms with Crippen LogP contribution in [0.2, 0.25) is 5.02 Å². The minimum atomic E-state index is -0.443. The average molecular weight is 391 g/mol. The number of hydrogen-bond donors (Lipinski definition) is 3. The number of amides is 2. The lowest BCUT2D eigenvalue weighted by molar-refractivity contribution is -0.692. The van der Waals surface area contributed by atoms with E-state index in [0.29, 0.717) is 16.7 Å². The third-order valence-corrected chi connectivity index (χ3v) is 4.24. The molecule has 2 amide bonds. The van der Waals surface area contributed by atoms with Crippen molar-refractivity contribution in [3.63, 3.8) is 0 Å². The minimum absolute atomic E-state index is 0.167. The Morgan fingerprint density at radius 2 is 1.63 bits per heavy atom. The van der Waals surface area contributed by atoms with Gasteiger partial charge in [0.1, 0.15) is 11.8 Å². The summed E-state index contributed by atoms with van der Waals surface area (Å²) in [5, 5.41) is 2.55.